The second kappa shape index (κ2) is 10.8. The van der Waals surface area contributed by atoms with E-state index in [0.717, 1.165) is 10.3 Å². The van der Waals surface area contributed by atoms with E-state index in [-0.39, 0.29) is 11.8 Å². The molecule has 1 fully saturated rings. The van der Waals surface area contributed by atoms with Gasteiger partial charge in [0.05, 0.1) is 20.8 Å². The maximum absolute atomic E-state index is 13.9. The van der Waals surface area contributed by atoms with Gasteiger partial charge in [-0.25, -0.2) is 13.4 Å². The van der Waals surface area contributed by atoms with Gasteiger partial charge in [-0.1, -0.05) is 47.7 Å². The highest BCUT2D eigenvalue weighted by molar-refractivity contribution is 7.91. The fourth-order valence-corrected chi connectivity index (χ4v) is 8.19. The average Bonchev–Trinajstić information content (AvgIpc) is 3.63. The zero-order valence-corrected chi connectivity index (χ0v) is 22.9. The number of fused-ring (bicyclic) bond motifs is 1. The molecule has 194 valence electrons. The maximum atomic E-state index is 13.9. The summed E-state index contributed by atoms with van der Waals surface area (Å²) in [4.78, 5) is 20.5. The highest BCUT2D eigenvalue weighted by atomic mass is 32.2. The van der Waals surface area contributed by atoms with E-state index >= 15 is 0 Å². The lowest BCUT2D eigenvalue weighted by Gasteiger charge is -2.32. The molecule has 3 heterocycles. The number of rotatable bonds is 8. The van der Waals surface area contributed by atoms with Gasteiger partial charge in [-0.15, -0.1) is 11.3 Å². The van der Waals surface area contributed by atoms with E-state index in [1.165, 1.54) is 27.0 Å². The second-order valence-corrected chi connectivity index (χ2v) is 12.8. The van der Waals surface area contributed by atoms with Crippen molar-refractivity contribution in [1.82, 2.24) is 9.29 Å². The lowest BCUT2D eigenvalue weighted by atomic mass is 9.96. The largest absolute Gasteiger partial charge is 0.495 e. The molecular formula is C26H27N3O5S3. The van der Waals surface area contributed by atoms with Crippen molar-refractivity contribution in [3.63, 3.8) is 0 Å². The number of thiazole rings is 1. The van der Waals surface area contributed by atoms with Crippen LogP contribution in [0.2, 0.25) is 0 Å². The number of hydrogen-bond donors (Lipinski definition) is 0. The normalized spacial score (nSPS) is 15.1. The standard InChI is InChI=1S/C26H27N3O5S3/c1-33-20-10-11-21(34-2)24-23(20)27-26(36-24)29(17-18-7-4-3-5-8-18)25(30)19-12-14-28(15-13-19)37(31,32)22-9-6-16-35-22/h3-11,16,19H,12-15,17H2,1-2H3. The summed E-state index contributed by atoms with van der Waals surface area (Å²) in [7, 11) is -0.341. The lowest BCUT2D eigenvalue weighted by Crippen LogP contribution is -2.44. The number of sulfonamides is 1. The fourth-order valence-electron chi connectivity index (χ4n) is 4.50. The molecule has 0 saturated carbocycles. The Labute approximate surface area is 224 Å². The minimum atomic E-state index is -3.53. The first-order chi connectivity index (χ1) is 17.9. The quantitative estimate of drug-likeness (QED) is 0.303. The molecule has 0 aliphatic carbocycles. The summed E-state index contributed by atoms with van der Waals surface area (Å²) >= 11 is 2.59. The summed E-state index contributed by atoms with van der Waals surface area (Å²) in [5.74, 6) is 0.902. The van der Waals surface area contributed by atoms with Crippen molar-refractivity contribution in [2.45, 2.75) is 23.6 Å². The number of carbonyl (C=O) groups is 1. The first-order valence-electron chi connectivity index (χ1n) is 11.8. The number of methoxy groups -OCH3 is 2. The monoisotopic (exact) mass is 557 g/mol. The van der Waals surface area contributed by atoms with Crippen molar-refractivity contribution >= 4 is 54.0 Å². The molecule has 0 atom stereocenters. The van der Waals surface area contributed by atoms with Gasteiger partial charge in [0.15, 0.2) is 5.13 Å². The number of carbonyl (C=O) groups excluding carboxylic acids is 1. The van der Waals surface area contributed by atoms with E-state index in [9.17, 15) is 13.2 Å². The first kappa shape index (κ1) is 25.7. The second-order valence-electron chi connectivity index (χ2n) is 8.66. The topological polar surface area (TPSA) is 89.0 Å². The van der Waals surface area contributed by atoms with Gasteiger partial charge in [-0.2, -0.15) is 4.31 Å². The minimum absolute atomic E-state index is 0.0611. The van der Waals surface area contributed by atoms with Gasteiger partial charge >= 0.3 is 0 Å². The smallest absolute Gasteiger partial charge is 0.252 e. The molecule has 1 aliphatic heterocycles. The van der Waals surface area contributed by atoms with Crippen LogP contribution in [0.25, 0.3) is 10.2 Å². The predicted octanol–water partition coefficient (Wildman–Crippen LogP) is 5.01. The number of piperidine rings is 1. The number of anilines is 1. The van der Waals surface area contributed by atoms with Crippen LogP contribution in [0, 0.1) is 5.92 Å². The lowest BCUT2D eigenvalue weighted by molar-refractivity contribution is -0.123. The molecule has 37 heavy (non-hydrogen) atoms. The molecule has 0 N–H and O–H groups in total. The highest BCUT2D eigenvalue weighted by Gasteiger charge is 2.35. The van der Waals surface area contributed by atoms with Gasteiger partial charge in [0.1, 0.15) is 25.9 Å². The van der Waals surface area contributed by atoms with Crippen LogP contribution < -0.4 is 14.4 Å². The Kier molecular flexibility index (Phi) is 7.47. The van der Waals surface area contributed by atoms with E-state index in [0.29, 0.717) is 58.8 Å². The van der Waals surface area contributed by atoms with Crippen LogP contribution >= 0.6 is 22.7 Å². The number of nitrogens with zero attached hydrogens (tertiary/aromatic N) is 3. The van der Waals surface area contributed by atoms with Gasteiger partial charge in [0.25, 0.3) is 10.0 Å². The van der Waals surface area contributed by atoms with E-state index in [2.05, 4.69) is 0 Å². The van der Waals surface area contributed by atoms with Crippen LogP contribution in [-0.4, -0.2) is 50.9 Å². The van der Waals surface area contributed by atoms with Crippen molar-refractivity contribution in [2.75, 3.05) is 32.2 Å². The zero-order chi connectivity index (χ0) is 26.0. The summed E-state index contributed by atoms with van der Waals surface area (Å²) in [5.41, 5.74) is 1.62. The molecule has 1 saturated heterocycles. The molecule has 0 spiro atoms. The summed E-state index contributed by atoms with van der Waals surface area (Å²) in [6.07, 6.45) is 0.901. The molecule has 1 aliphatic rings. The molecule has 0 radical (unpaired) electrons. The minimum Gasteiger partial charge on any atom is -0.495 e. The Morgan fingerprint density at radius 2 is 1.73 bits per heavy atom. The maximum Gasteiger partial charge on any atom is 0.252 e. The summed E-state index contributed by atoms with van der Waals surface area (Å²) in [6.45, 7) is 0.965. The highest BCUT2D eigenvalue weighted by Crippen LogP contribution is 2.41. The molecular weight excluding hydrogens is 531 g/mol. The van der Waals surface area contributed by atoms with Crippen molar-refractivity contribution in [2.24, 2.45) is 5.92 Å². The summed E-state index contributed by atoms with van der Waals surface area (Å²) in [5, 5.41) is 2.31. The van der Waals surface area contributed by atoms with Crippen molar-refractivity contribution in [3.8, 4) is 11.5 Å². The van der Waals surface area contributed by atoms with Crippen molar-refractivity contribution < 1.29 is 22.7 Å². The molecule has 2 aromatic carbocycles. The summed E-state index contributed by atoms with van der Waals surface area (Å²) in [6, 6.07) is 16.8. The van der Waals surface area contributed by atoms with Gasteiger partial charge < -0.3 is 9.47 Å². The van der Waals surface area contributed by atoms with E-state index in [1.807, 2.05) is 36.4 Å². The van der Waals surface area contributed by atoms with Gasteiger partial charge in [0.2, 0.25) is 5.91 Å². The summed E-state index contributed by atoms with van der Waals surface area (Å²) < 4.78 is 39.6. The van der Waals surface area contributed by atoms with Crippen LogP contribution in [0.3, 0.4) is 0 Å². The van der Waals surface area contributed by atoms with E-state index in [4.69, 9.17) is 14.5 Å². The molecule has 0 bridgehead atoms. The van der Waals surface area contributed by atoms with Crippen LogP contribution in [0.1, 0.15) is 18.4 Å². The number of benzene rings is 2. The Morgan fingerprint density at radius 1 is 1.03 bits per heavy atom. The molecule has 2 aromatic heterocycles. The van der Waals surface area contributed by atoms with Crippen LogP contribution in [0.4, 0.5) is 5.13 Å². The number of ether oxygens (including phenoxy) is 2. The third kappa shape index (κ3) is 5.08. The third-order valence-electron chi connectivity index (χ3n) is 6.47. The third-order valence-corrected chi connectivity index (χ3v) is 10.8. The van der Waals surface area contributed by atoms with Crippen LogP contribution in [0.15, 0.2) is 64.2 Å². The van der Waals surface area contributed by atoms with Crippen LogP contribution in [-0.2, 0) is 21.4 Å². The van der Waals surface area contributed by atoms with Crippen LogP contribution in [0.5, 0.6) is 11.5 Å². The Balaban J connectivity index is 1.44. The Morgan fingerprint density at radius 3 is 2.38 bits per heavy atom. The van der Waals surface area contributed by atoms with Crippen molar-refractivity contribution in [1.29, 1.82) is 0 Å². The molecule has 1 amide bonds. The number of thiophene rings is 1. The van der Waals surface area contributed by atoms with Gasteiger partial charge in [0, 0.05) is 19.0 Å². The number of amides is 1. The Hall–Kier alpha value is -2.99. The first-order valence-corrected chi connectivity index (χ1v) is 15.0. The van der Waals surface area contributed by atoms with Gasteiger partial charge in [-0.3, -0.25) is 9.69 Å². The number of aromatic nitrogens is 1. The van der Waals surface area contributed by atoms with E-state index < -0.39 is 10.0 Å². The molecule has 5 rings (SSSR count). The SMILES string of the molecule is COc1ccc(OC)c2sc(N(Cc3ccccc3)C(=O)C3CCN(S(=O)(=O)c4cccs4)CC3)nc12. The fraction of sp³-hybridized carbons (Fsp3) is 0.308. The average molecular weight is 558 g/mol. The van der Waals surface area contributed by atoms with Gasteiger partial charge in [-0.05, 0) is 42.0 Å². The molecule has 0 unspecified atom stereocenters. The number of hydrogen-bond acceptors (Lipinski definition) is 8. The molecule has 4 aromatic rings. The van der Waals surface area contributed by atoms with Crippen molar-refractivity contribution in [3.05, 3.63) is 65.5 Å². The molecule has 11 heteroatoms. The predicted molar refractivity (Wildman–Crippen MR) is 146 cm³/mol. The van der Waals surface area contributed by atoms with E-state index in [1.54, 1.807) is 42.7 Å². The molecule has 8 nitrogen and oxygen atoms in total. The Bertz CT molecular complexity index is 1440. The zero-order valence-electron chi connectivity index (χ0n) is 20.5.